The second kappa shape index (κ2) is 7.03. The SMILES string of the molecule is CCN(C(C)CN(C)C)S(=O)(=O)c1cc(C#N)ccc1C. The second-order valence-corrected chi connectivity index (χ2v) is 7.27. The Balaban J connectivity index is 3.28. The first-order valence-electron chi connectivity index (χ1n) is 6.91. The summed E-state index contributed by atoms with van der Waals surface area (Å²) in [5, 5.41) is 8.98. The Bertz CT molecular complexity index is 633. The Labute approximate surface area is 127 Å². The van der Waals surface area contributed by atoms with Crippen LogP contribution in [0.2, 0.25) is 0 Å². The number of benzene rings is 1. The minimum absolute atomic E-state index is 0.139. The number of aryl methyl sites for hydroxylation is 1. The average molecular weight is 309 g/mol. The van der Waals surface area contributed by atoms with Gasteiger partial charge in [-0.2, -0.15) is 9.57 Å². The Morgan fingerprint density at radius 2 is 1.95 bits per heavy atom. The van der Waals surface area contributed by atoms with E-state index in [1.807, 2.05) is 38.9 Å². The van der Waals surface area contributed by atoms with Crippen LogP contribution >= 0.6 is 0 Å². The number of hydrogen-bond donors (Lipinski definition) is 0. The lowest BCUT2D eigenvalue weighted by molar-refractivity contribution is 0.271. The molecule has 6 heteroatoms. The van der Waals surface area contributed by atoms with Gasteiger partial charge in [0, 0.05) is 19.1 Å². The van der Waals surface area contributed by atoms with E-state index in [9.17, 15) is 8.42 Å². The number of likely N-dealkylation sites (N-methyl/N-ethyl adjacent to an activating group) is 2. The van der Waals surface area contributed by atoms with Gasteiger partial charge < -0.3 is 4.90 Å². The smallest absolute Gasteiger partial charge is 0.243 e. The van der Waals surface area contributed by atoms with Crippen LogP contribution in [-0.4, -0.2) is 50.8 Å². The topological polar surface area (TPSA) is 64.4 Å². The lowest BCUT2D eigenvalue weighted by atomic mass is 10.2. The maximum absolute atomic E-state index is 12.9. The van der Waals surface area contributed by atoms with E-state index in [0.717, 1.165) is 0 Å². The van der Waals surface area contributed by atoms with Crippen LogP contribution in [0.1, 0.15) is 25.0 Å². The van der Waals surface area contributed by atoms with Crippen molar-refractivity contribution in [2.24, 2.45) is 0 Å². The zero-order valence-electron chi connectivity index (χ0n) is 13.3. The molecule has 0 heterocycles. The fraction of sp³-hybridized carbons (Fsp3) is 0.533. The molecule has 0 aromatic heterocycles. The van der Waals surface area contributed by atoms with Gasteiger partial charge in [-0.1, -0.05) is 13.0 Å². The fourth-order valence-corrected chi connectivity index (χ4v) is 4.30. The van der Waals surface area contributed by atoms with E-state index in [-0.39, 0.29) is 10.9 Å². The third kappa shape index (κ3) is 4.03. The molecular weight excluding hydrogens is 286 g/mol. The van der Waals surface area contributed by atoms with Crippen molar-refractivity contribution in [2.45, 2.75) is 31.7 Å². The molecule has 0 amide bonds. The lowest BCUT2D eigenvalue weighted by Crippen LogP contribution is -2.43. The largest absolute Gasteiger partial charge is 0.308 e. The van der Waals surface area contributed by atoms with Gasteiger partial charge in [-0.3, -0.25) is 0 Å². The highest BCUT2D eigenvalue weighted by Crippen LogP contribution is 2.23. The van der Waals surface area contributed by atoms with Gasteiger partial charge in [-0.15, -0.1) is 0 Å². The zero-order valence-corrected chi connectivity index (χ0v) is 14.1. The molecule has 1 aromatic rings. The monoisotopic (exact) mass is 309 g/mol. The molecular formula is C15H23N3O2S. The summed E-state index contributed by atoms with van der Waals surface area (Å²) in [7, 11) is 0.227. The van der Waals surface area contributed by atoms with Crippen molar-refractivity contribution in [2.75, 3.05) is 27.2 Å². The quantitative estimate of drug-likeness (QED) is 0.804. The van der Waals surface area contributed by atoms with Crippen molar-refractivity contribution in [1.82, 2.24) is 9.21 Å². The fourth-order valence-electron chi connectivity index (χ4n) is 2.41. The maximum Gasteiger partial charge on any atom is 0.243 e. The third-order valence-electron chi connectivity index (χ3n) is 3.34. The highest BCUT2D eigenvalue weighted by Gasteiger charge is 2.29. The highest BCUT2D eigenvalue weighted by atomic mass is 32.2. The first-order chi connectivity index (χ1) is 9.73. The van der Waals surface area contributed by atoms with E-state index in [0.29, 0.717) is 24.2 Å². The molecule has 0 N–H and O–H groups in total. The zero-order chi connectivity index (χ0) is 16.2. The molecule has 0 aliphatic heterocycles. The molecule has 0 fully saturated rings. The van der Waals surface area contributed by atoms with E-state index in [4.69, 9.17) is 5.26 Å². The summed E-state index contributed by atoms with van der Waals surface area (Å²) in [6, 6.07) is 6.62. The molecule has 0 radical (unpaired) electrons. The van der Waals surface area contributed by atoms with Crippen LogP contribution in [0, 0.1) is 18.3 Å². The Morgan fingerprint density at radius 1 is 1.33 bits per heavy atom. The molecule has 1 atom stereocenters. The summed E-state index contributed by atoms with van der Waals surface area (Å²) in [4.78, 5) is 2.18. The molecule has 21 heavy (non-hydrogen) atoms. The molecule has 0 aliphatic rings. The molecule has 5 nitrogen and oxygen atoms in total. The van der Waals surface area contributed by atoms with Gasteiger partial charge in [0.05, 0.1) is 16.5 Å². The normalized spacial score (nSPS) is 13.4. The molecule has 1 rings (SSSR count). The van der Waals surface area contributed by atoms with Gasteiger partial charge in [-0.25, -0.2) is 8.42 Å². The van der Waals surface area contributed by atoms with Crippen molar-refractivity contribution in [3.8, 4) is 6.07 Å². The van der Waals surface area contributed by atoms with Crippen LogP contribution in [0.3, 0.4) is 0 Å². The van der Waals surface area contributed by atoms with Gasteiger partial charge in [-0.05, 0) is 45.6 Å². The van der Waals surface area contributed by atoms with Gasteiger partial charge >= 0.3 is 0 Å². The van der Waals surface area contributed by atoms with Crippen LogP contribution in [0.4, 0.5) is 0 Å². The molecule has 116 valence electrons. The number of rotatable bonds is 6. The van der Waals surface area contributed by atoms with E-state index in [1.165, 1.54) is 10.4 Å². The minimum Gasteiger partial charge on any atom is -0.308 e. The summed E-state index contributed by atoms with van der Waals surface area (Å²) in [6.45, 7) is 6.51. The van der Waals surface area contributed by atoms with E-state index >= 15 is 0 Å². The average Bonchev–Trinajstić information content (AvgIpc) is 2.38. The van der Waals surface area contributed by atoms with Crippen LogP contribution < -0.4 is 0 Å². The van der Waals surface area contributed by atoms with Crippen LogP contribution in [-0.2, 0) is 10.0 Å². The Hall–Kier alpha value is -1.42. The van der Waals surface area contributed by atoms with Crippen molar-refractivity contribution in [1.29, 1.82) is 5.26 Å². The van der Waals surface area contributed by atoms with Crippen LogP contribution in [0.15, 0.2) is 23.1 Å². The summed E-state index contributed by atoms with van der Waals surface area (Å²) in [5.74, 6) is 0. The van der Waals surface area contributed by atoms with E-state index in [2.05, 4.69) is 0 Å². The number of hydrogen-bond acceptors (Lipinski definition) is 4. The molecule has 0 aliphatic carbocycles. The second-order valence-electron chi connectivity index (χ2n) is 5.41. The predicted molar refractivity (Wildman–Crippen MR) is 83.5 cm³/mol. The van der Waals surface area contributed by atoms with Gasteiger partial charge in [0.25, 0.3) is 0 Å². The van der Waals surface area contributed by atoms with Gasteiger partial charge in [0.2, 0.25) is 10.0 Å². The highest BCUT2D eigenvalue weighted by molar-refractivity contribution is 7.89. The van der Waals surface area contributed by atoms with Crippen LogP contribution in [0.25, 0.3) is 0 Å². The van der Waals surface area contributed by atoms with Crippen molar-refractivity contribution in [3.63, 3.8) is 0 Å². The van der Waals surface area contributed by atoms with Crippen molar-refractivity contribution in [3.05, 3.63) is 29.3 Å². The summed E-state index contributed by atoms with van der Waals surface area (Å²) >= 11 is 0. The standard InChI is InChI=1S/C15H23N3O2S/c1-6-18(13(3)11-17(4)5)21(19,20)15-9-14(10-16)8-7-12(15)2/h7-9,13H,6,11H2,1-5H3. The summed E-state index contributed by atoms with van der Waals surface area (Å²) in [5.41, 5.74) is 1.01. The molecule has 0 spiro atoms. The lowest BCUT2D eigenvalue weighted by Gasteiger charge is -2.29. The number of sulfonamides is 1. The third-order valence-corrected chi connectivity index (χ3v) is 5.57. The van der Waals surface area contributed by atoms with E-state index < -0.39 is 10.0 Å². The van der Waals surface area contributed by atoms with E-state index in [1.54, 1.807) is 19.1 Å². The Kier molecular flexibility index (Phi) is 5.90. The number of nitriles is 1. The molecule has 0 saturated heterocycles. The predicted octanol–water partition coefficient (Wildman–Crippen LogP) is 1.83. The first-order valence-corrected chi connectivity index (χ1v) is 8.35. The maximum atomic E-state index is 12.9. The Morgan fingerprint density at radius 3 is 2.43 bits per heavy atom. The van der Waals surface area contributed by atoms with Crippen molar-refractivity contribution < 1.29 is 8.42 Å². The minimum atomic E-state index is -3.60. The molecule has 1 unspecified atom stereocenters. The number of nitrogens with zero attached hydrogens (tertiary/aromatic N) is 3. The summed E-state index contributed by atoms with van der Waals surface area (Å²) in [6.07, 6.45) is 0. The first kappa shape index (κ1) is 17.6. The molecule has 1 aromatic carbocycles. The van der Waals surface area contributed by atoms with Crippen LogP contribution in [0.5, 0.6) is 0 Å². The summed E-state index contributed by atoms with van der Waals surface area (Å²) < 4.78 is 27.2. The van der Waals surface area contributed by atoms with Crippen molar-refractivity contribution >= 4 is 10.0 Å². The molecule has 0 saturated carbocycles. The molecule has 0 bridgehead atoms. The van der Waals surface area contributed by atoms with Gasteiger partial charge in [0.15, 0.2) is 0 Å². The van der Waals surface area contributed by atoms with Gasteiger partial charge in [0.1, 0.15) is 0 Å².